The number of aromatic nitrogens is 1. The summed E-state index contributed by atoms with van der Waals surface area (Å²) in [6.07, 6.45) is 3.80. The molecular weight excluding hydrogens is 410 g/mol. The van der Waals surface area contributed by atoms with Crippen molar-refractivity contribution in [1.29, 1.82) is 0 Å². The maximum Gasteiger partial charge on any atom is 0.266 e. The number of phenolic OH excluding ortho intramolecular Hbond substituents is 1. The summed E-state index contributed by atoms with van der Waals surface area (Å²) in [5.74, 6) is 0.950. The van der Waals surface area contributed by atoms with Crippen molar-refractivity contribution in [1.82, 2.24) is 9.47 Å². The first-order valence-corrected chi connectivity index (χ1v) is 10.9. The zero-order valence-electron chi connectivity index (χ0n) is 17.4. The molecule has 2 heterocycles. The quantitative estimate of drug-likeness (QED) is 0.542. The molecule has 0 bridgehead atoms. The predicted octanol–water partition coefficient (Wildman–Crippen LogP) is 5.21. The van der Waals surface area contributed by atoms with E-state index in [2.05, 4.69) is 4.99 Å². The molecule has 0 aliphatic carbocycles. The number of aromatic hydroxyl groups is 1. The van der Waals surface area contributed by atoms with Crippen LogP contribution in [0.5, 0.6) is 11.5 Å². The Morgan fingerprint density at radius 3 is 2.48 bits per heavy atom. The highest BCUT2D eigenvalue weighted by atomic mass is 32.2. The maximum atomic E-state index is 13.0. The van der Waals surface area contributed by atoms with Crippen molar-refractivity contribution in [3.05, 3.63) is 77.5 Å². The first kappa shape index (κ1) is 20.8. The van der Waals surface area contributed by atoms with Crippen LogP contribution in [0.3, 0.4) is 0 Å². The van der Waals surface area contributed by atoms with Gasteiger partial charge in [-0.15, -0.1) is 0 Å². The monoisotopic (exact) mass is 433 g/mol. The van der Waals surface area contributed by atoms with Crippen molar-refractivity contribution in [2.45, 2.75) is 13.8 Å². The summed E-state index contributed by atoms with van der Waals surface area (Å²) < 4.78 is 7.45. The van der Waals surface area contributed by atoms with Gasteiger partial charge in [-0.2, -0.15) is 0 Å². The average molecular weight is 434 g/mol. The van der Waals surface area contributed by atoms with Crippen LogP contribution in [0.4, 0.5) is 5.69 Å². The van der Waals surface area contributed by atoms with Crippen molar-refractivity contribution < 1.29 is 14.6 Å². The third-order valence-corrected chi connectivity index (χ3v) is 5.77. The van der Waals surface area contributed by atoms with E-state index >= 15 is 0 Å². The minimum absolute atomic E-state index is 0.0596. The first-order chi connectivity index (χ1) is 15.1. The zero-order valence-corrected chi connectivity index (χ0v) is 18.2. The lowest BCUT2D eigenvalue weighted by Crippen LogP contribution is -2.28. The van der Waals surface area contributed by atoms with Gasteiger partial charge in [-0.3, -0.25) is 9.69 Å². The van der Waals surface area contributed by atoms with Gasteiger partial charge < -0.3 is 14.4 Å². The van der Waals surface area contributed by atoms with Gasteiger partial charge in [0.1, 0.15) is 11.5 Å². The van der Waals surface area contributed by atoms with Gasteiger partial charge in [0.05, 0.1) is 17.2 Å². The average Bonchev–Trinajstić information content (AvgIpc) is 3.35. The summed E-state index contributed by atoms with van der Waals surface area (Å²) in [7, 11) is 0. The molecule has 7 heteroatoms. The van der Waals surface area contributed by atoms with Crippen molar-refractivity contribution in [3.63, 3.8) is 0 Å². The molecule has 4 rings (SSSR count). The van der Waals surface area contributed by atoms with E-state index in [9.17, 15) is 9.90 Å². The van der Waals surface area contributed by atoms with E-state index in [1.165, 1.54) is 11.8 Å². The standard InChI is InChI=1S/C24H23N3O3S/c1-3-26-23(29)22(31-24(26)25-17-7-13-21(14-8-17)30-4-2)16-19-6-5-15-27(19)18-9-11-20(28)12-10-18/h5-16,28H,3-4H2,1-2H3/b22-16-,25-24?. The van der Waals surface area contributed by atoms with Gasteiger partial charge in [-0.25, -0.2) is 4.99 Å². The number of carbonyl (C=O) groups excluding carboxylic acids is 1. The molecule has 0 saturated carbocycles. The molecule has 2 aromatic carbocycles. The van der Waals surface area contributed by atoms with Crippen molar-refractivity contribution in [3.8, 4) is 17.2 Å². The Labute approximate surface area is 185 Å². The molecule has 1 saturated heterocycles. The summed E-state index contributed by atoms with van der Waals surface area (Å²) in [5, 5.41) is 10.2. The van der Waals surface area contributed by atoms with E-state index in [1.54, 1.807) is 17.0 Å². The number of likely N-dealkylation sites (N-methyl/N-ethyl adjacent to an activating group) is 1. The van der Waals surface area contributed by atoms with Gasteiger partial charge in [-0.1, -0.05) is 0 Å². The molecule has 1 fully saturated rings. The Hall–Kier alpha value is -3.45. The van der Waals surface area contributed by atoms with E-state index in [4.69, 9.17) is 4.74 Å². The summed E-state index contributed by atoms with van der Waals surface area (Å²) in [4.78, 5) is 20.0. The Morgan fingerprint density at radius 1 is 1.06 bits per heavy atom. The summed E-state index contributed by atoms with van der Waals surface area (Å²) in [6, 6.07) is 18.3. The number of carbonyl (C=O) groups is 1. The predicted molar refractivity (Wildman–Crippen MR) is 125 cm³/mol. The lowest BCUT2D eigenvalue weighted by Gasteiger charge is -2.12. The van der Waals surface area contributed by atoms with Crippen LogP contribution in [0.2, 0.25) is 0 Å². The van der Waals surface area contributed by atoms with Crippen LogP contribution in [0.1, 0.15) is 19.5 Å². The molecule has 6 nitrogen and oxygen atoms in total. The minimum atomic E-state index is -0.0596. The highest BCUT2D eigenvalue weighted by Crippen LogP contribution is 2.34. The number of rotatable bonds is 6. The number of thioether (sulfide) groups is 1. The molecular formula is C24H23N3O3S. The number of hydrogen-bond donors (Lipinski definition) is 1. The van der Waals surface area contributed by atoms with Crippen LogP contribution >= 0.6 is 11.8 Å². The van der Waals surface area contributed by atoms with Crippen LogP contribution in [0.25, 0.3) is 11.8 Å². The maximum absolute atomic E-state index is 13.0. The molecule has 1 amide bonds. The number of amidine groups is 1. The number of hydrogen-bond acceptors (Lipinski definition) is 5. The number of ether oxygens (including phenoxy) is 1. The fraction of sp³-hybridized carbons (Fsp3) is 0.167. The van der Waals surface area contributed by atoms with Crippen LogP contribution in [0, 0.1) is 0 Å². The van der Waals surface area contributed by atoms with E-state index in [1.807, 2.05) is 79.2 Å². The van der Waals surface area contributed by atoms with Gasteiger partial charge in [0.15, 0.2) is 5.17 Å². The zero-order chi connectivity index (χ0) is 21.8. The molecule has 0 atom stereocenters. The molecule has 3 aromatic rings. The fourth-order valence-corrected chi connectivity index (χ4v) is 4.31. The second kappa shape index (κ2) is 9.14. The normalized spacial score (nSPS) is 16.5. The van der Waals surface area contributed by atoms with Crippen LogP contribution < -0.4 is 4.74 Å². The minimum Gasteiger partial charge on any atom is -0.508 e. The Morgan fingerprint density at radius 2 is 1.81 bits per heavy atom. The molecule has 31 heavy (non-hydrogen) atoms. The number of amides is 1. The second-order valence-corrected chi connectivity index (χ2v) is 7.81. The van der Waals surface area contributed by atoms with Crippen LogP contribution in [-0.4, -0.2) is 38.8 Å². The van der Waals surface area contributed by atoms with Crippen molar-refractivity contribution in [2.75, 3.05) is 13.2 Å². The molecule has 0 unspecified atom stereocenters. The second-order valence-electron chi connectivity index (χ2n) is 6.80. The van der Waals surface area contributed by atoms with Crippen molar-refractivity contribution in [2.24, 2.45) is 4.99 Å². The van der Waals surface area contributed by atoms with E-state index in [0.717, 1.165) is 22.8 Å². The molecule has 0 radical (unpaired) electrons. The fourth-order valence-electron chi connectivity index (χ4n) is 3.26. The third kappa shape index (κ3) is 4.51. The van der Waals surface area contributed by atoms with Gasteiger partial charge >= 0.3 is 0 Å². The SMILES string of the molecule is CCOc1ccc(N=C2S/C(=C\c3cccn3-c3ccc(O)cc3)C(=O)N2CC)cc1. The lowest BCUT2D eigenvalue weighted by atomic mass is 10.3. The van der Waals surface area contributed by atoms with Crippen LogP contribution in [0.15, 0.2) is 76.8 Å². The number of phenols is 1. The van der Waals surface area contributed by atoms with Gasteiger partial charge in [0.25, 0.3) is 5.91 Å². The smallest absolute Gasteiger partial charge is 0.266 e. The summed E-state index contributed by atoms with van der Waals surface area (Å²) >= 11 is 1.37. The van der Waals surface area contributed by atoms with E-state index < -0.39 is 0 Å². The van der Waals surface area contributed by atoms with Crippen LogP contribution in [-0.2, 0) is 4.79 Å². The Kier molecular flexibility index (Phi) is 6.13. The van der Waals surface area contributed by atoms with Gasteiger partial charge in [0.2, 0.25) is 0 Å². The third-order valence-electron chi connectivity index (χ3n) is 4.76. The van der Waals surface area contributed by atoms with E-state index in [0.29, 0.717) is 23.2 Å². The molecule has 1 aliphatic rings. The number of nitrogens with zero attached hydrogens (tertiary/aromatic N) is 3. The molecule has 0 spiro atoms. The Bertz CT molecular complexity index is 1130. The lowest BCUT2D eigenvalue weighted by molar-refractivity contribution is -0.122. The summed E-state index contributed by atoms with van der Waals surface area (Å²) in [6.45, 7) is 5.04. The molecule has 1 aromatic heterocycles. The largest absolute Gasteiger partial charge is 0.508 e. The molecule has 1 N–H and O–H groups in total. The number of benzene rings is 2. The van der Waals surface area contributed by atoms with Gasteiger partial charge in [0, 0.05) is 24.1 Å². The van der Waals surface area contributed by atoms with E-state index in [-0.39, 0.29) is 11.7 Å². The summed E-state index contributed by atoms with van der Waals surface area (Å²) in [5.41, 5.74) is 2.55. The Balaban J connectivity index is 1.62. The molecule has 158 valence electrons. The first-order valence-electron chi connectivity index (χ1n) is 10.1. The highest BCUT2D eigenvalue weighted by Gasteiger charge is 2.32. The van der Waals surface area contributed by atoms with Gasteiger partial charge in [-0.05, 0) is 92.3 Å². The number of aliphatic imine (C=N–C) groups is 1. The van der Waals surface area contributed by atoms with Crippen molar-refractivity contribution >= 4 is 34.6 Å². The highest BCUT2D eigenvalue weighted by molar-refractivity contribution is 8.18. The molecule has 1 aliphatic heterocycles. The topological polar surface area (TPSA) is 67.1 Å².